The lowest BCUT2D eigenvalue weighted by atomic mass is 9.49. The molecule has 4 aliphatic rings. The average Bonchev–Trinajstić information content (AvgIpc) is 2.81. The number of carbonyl (C=O) groups excluding carboxylic acids is 1. The van der Waals surface area contributed by atoms with Gasteiger partial charge in [0, 0.05) is 12.6 Å². The Balaban J connectivity index is 0.000000568. The van der Waals surface area contributed by atoms with E-state index in [1.807, 2.05) is 38.1 Å². The lowest BCUT2D eigenvalue weighted by molar-refractivity contribution is -0.159. The third-order valence-corrected chi connectivity index (χ3v) is 7.72. The van der Waals surface area contributed by atoms with Gasteiger partial charge in [0.05, 0.1) is 13.0 Å². The van der Waals surface area contributed by atoms with Gasteiger partial charge in [-0.2, -0.15) is 0 Å². The quantitative estimate of drug-likeness (QED) is 0.256. The van der Waals surface area contributed by atoms with Crippen LogP contribution in [0.3, 0.4) is 0 Å². The molecule has 9 heteroatoms. The molecule has 4 fully saturated rings. The van der Waals surface area contributed by atoms with Crippen molar-refractivity contribution in [3.8, 4) is 5.75 Å². The van der Waals surface area contributed by atoms with Crippen molar-refractivity contribution in [2.45, 2.75) is 77.4 Å². The molecule has 0 radical (unpaired) electrons. The molecule has 37 heavy (non-hydrogen) atoms. The number of carbonyl (C=O) groups is 3. The van der Waals surface area contributed by atoms with Gasteiger partial charge in [-0.05, 0) is 85.8 Å². The summed E-state index contributed by atoms with van der Waals surface area (Å²) >= 11 is 0. The minimum Gasteiger partial charge on any atom is -0.491 e. The van der Waals surface area contributed by atoms with Crippen LogP contribution in [0.4, 0.5) is 0 Å². The number of rotatable bonds is 11. The van der Waals surface area contributed by atoms with Crippen LogP contribution in [0.15, 0.2) is 24.3 Å². The molecule has 1 aromatic carbocycles. The number of ether oxygens (including phenoxy) is 2. The summed E-state index contributed by atoms with van der Waals surface area (Å²) in [7, 11) is 0. The summed E-state index contributed by atoms with van der Waals surface area (Å²) in [6, 6.07) is 7.82. The van der Waals surface area contributed by atoms with E-state index >= 15 is 0 Å². The molecule has 1 aromatic rings. The number of carboxylic acids is 2. The Bertz CT molecular complexity index is 866. The monoisotopic (exact) mass is 519 g/mol. The second-order valence-electron chi connectivity index (χ2n) is 11.3. The molecule has 0 heterocycles. The summed E-state index contributed by atoms with van der Waals surface area (Å²) in [5, 5.41) is 27.9. The number of hydrogen-bond acceptors (Lipinski definition) is 7. The Kier molecular flexibility index (Phi) is 10.3. The van der Waals surface area contributed by atoms with Crippen LogP contribution >= 0.6 is 0 Å². The summed E-state index contributed by atoms with van der Waals surface area (Å²) in [6.07, 6.45) is 9.23. The van der Waals surface area contributed by atoms with Crippen LogP contribution in [0.2, 0.25) is 0 Å². The van der Waals surface area contributed by atoms with Crippen molar-refractivity contribution in [3.05, 3.63) is 29.8 Å². The molecule has 0 saturated heterocycles. The van der Waals surface area contributed by atoms with Crippen LogP contribution in [0.1, 0.15) is 64.4 Å². The van der Waals surface area contributed by atoms with Crippen molar-refractivity contribution < 1.29 is 39.2 Å². The highest BCUT2D eigenvalue weighted by molar-refractivity contribution is 6.27. The van der Waals surface area contributed by atoms with Gasteiger partial charge in [0.25, 0.3) is 0 Å². The first-order valence-electron chi connectivity index (χ1n) is 13.3. The molecule has 5 rings (SSSR count). The molecule has 0 aliphatic heterocycles. The Morgan fingerprint density at radius 3 is 2.00 bits per heavy atom. The fraction of sp³-hybridized carbons (Fsp3) is 0.679. The number of esters is 1. The second-order valence-corrected chi connectivity index (χ2v) is 11.3. The minimum absolute atomic E-state index is 0.145. The van der Waals surface area contributed by atoms with Crippen molar-refractivity contribution in [2.75, 3.05) is 19.8 Å². The Hall–Kier alpha value is -2.65. The highest BCUT2D eigenvalue weighted by atomic mass is 16.5. The predicted molar refractivity (Wildman–Crippen MR) is 136 cm³/mol. The molecule has 1 atom stereocenters. The third kappa shape index (κ3) is 9.31. The summed E-state index contributed by atoms with van der Waals surface area (Å²) in [4.78, 5) is 30.5. The van der Waals surface area contributed by atoms with Crippen LogP contribution in [0.25, 0.3) is 0 Å². The van der Waals surface area contributed by atoms with Crippen molar-refractivity contribution >= 4 is 17.9 Å². The number of aliphatic hydroxyl groups is 1. The van der Waals surface area contributed by atoms with Gasteiger partial charge in [-0.25, -0.2) is 9.59 Å². The first-order chi connectivity index (χ1) is 17.5. The Morgan fingerprint density at radius 2 is 1.51 bits per heavy atom. The zero-order chi connectivity index (χ0) is 27.0. The van der Waals surface area contributed by atoms with E-state index in [1.54, 1.807) is 0 Å². The predicted octanol–water partition coefficient (Wildman–Crippen LogP) is 3.27. The van der Waals surface area contributed by atoms with Gasteiger partial charge in [0.2, 0.25) is 0 Å². The maximum atomic E-state index is 12.3. The first-order valence-corrected chi connectivity index (χ1v) is 13.3. The largest absolute Gasteiger partial charge is 0.491 e. The van der Waals surface area contributed by atoms with E-state index in [0.717, 1.165) is 29.7 Å². The van der Waals surface area contributed by atoms with Crippen LogP contribution in [-0.4, -0.2) is 65.1 Å². The van der Waals surface area contributed by atoms with Gasteiger partial charge < -0.3 is 30.1 Å². The van der Waals surface area contributed by atoms with Gasteiger partial charge >= 0.3 is 17.9 Å². The van der Waals surface area contributed by atoms with Crippen molar-refractivity contribution in [1.82, 2.24) is 5.32 Å². The van der Waals surface area contributed by atoms with Crippen LogP contribution < -0.4 is 10.1 Å². The van der Waals surface area contributed by atoms with E-state index in [9.17, 15) is 9.90 Å². The lowest BCUT2D eigenvalue weighted by Gasteiger charge is -2.57. The topological polar surface area (TPSA) is 142 Å². The summed E-state index contributed by atoms with van der Waals surface area (Å²) in [6.45, 7) is 5.39. The average molecular weight is 520 g/mol. The molecule has 4 bridgehead atoms. The van der Waals surface area contributed by atoms with E-state index in [1.165, 1.54) is 38.5 Å². The molecule has 206 valence electrons. The zero-order valence-electron chi connectivity index (χ0n) is 21.9. The normalized spacial score (nSPS) is 26.2. The van der Waals surface area contributed by atoms with E-state index in [4.69, 9.17) is 29.3 Å². The number of carboxylic acid groups (broad SMARTS) is 2. The third-order valence-electron chi connectivity index (χ3n) is 7.72. The van der Waals surface area contributed by atoms with E-state index in [0.29, 0.717) is 36.8 Å². The molecule has 4 N–H and O–H groups in total. The Labute approximate surface area is 218 Å². The standard InChI is InChI=1S/C26H39NO4.C2H2O4/c1-18(2)27-16-23(28)17-31-24-5-3-19(4-6-24)12-25(29)30-8-7-26-13-20-9-21(14-26)11-22(10-20)15-26;3-1(4)2(5)6/h3-6,18,20-23,27-28H,7-17H2,1-2H3;(H,3,4)(H,5,6). The van der Waals surface area contributed by atoms with Gasteiger partial charge in [-0.15, -0.1) is 0 Å². The summed E-state index contributed by atoms with van der Waals surface area (Å²) < 4.78 is 11.3. The molecule has 0 aromatic heterocycles. The van der Waals surface area contributed by atoms with Crippen molar-refractivity contribution in [3.63, 3.8) is 0 Å². The molecular weight excluding hydrogens is 478 g/mol. The zero-order valence-corrected chi connectivity index (χ0v) is 21.9. The first kappa shape index (κ1) is 28.9. The van der Waals surface area contributed by atoms with Crippen molar-refractivity contribution in [2.24, 2.45) is 23.2 Å². The second kappa shape index (κ2) is 13.2. The SMILES string of the molecule is CC(C)NCC(O)COc1ccc(CC(=O)OCCC23CC4CC(CC(C4)C2)C3)cc1.O=C(O)C(=O)O. The molecule has 9 nitrogen and oxygen atoms in total. The number of aliphatic hydroxyl groups excluding tert-OH is 1. The highest BCUT2D eigenvalue weighted by Gasteiger charge is 2.50. The van der Waals surface area contributed by atoms with Gasteiger partial charge in [-0.3, -0.25) is 4.79 Å². The minimum atomic E-state index is -1.82. The van der Waals surface area contributed by atoms with E-state index in [-0.39, 0.29) is 12.6 Å². The maximum Gasteiger partial charge on any atom is 0.414 e. The lowest BCUT2D eigenvalue weighted by Crippen LogP contribution is -2.46. The molecule has 0 amide bonds. The van der Waals surface area contributed by atoms with Gasteiger partial charge in [-0.1, -0.05) is 26.0 Å². The number of benzene rings is 1. The fourth-order valence-corrected chi connectivity index (χ4v) is 6.52. The highest BCUT2D eigenvalue weighted by Crippen LogP contribution is 2.61. The molecule has 1 unspecified atom stereocenters. The number of hydrogen-bond donors (Lipinski definition) is 4. The van der Waals surface area contributed by atoms with Gasteiger partial charge in [0.1, 0.15) is 18.5 Å². The number of aliphatic carboxylic acids is 2. The maximum absolute atomic E-state index is 12.3. The van der Waals surface area contributed by atoms with Crippen LogP contribution in [0.5, 0.6) is 5.75 Å². The summed E-state index contributed by atoms with van der Waals surface area (Å²) in [5.41, 5.74) is 1.39. The summed E-state index contributed by atoms with van der Waals surface area (Å²) in [5.74, 6) is -0.276. The molecule has 4 saturated carbocycles. The fourth-order valence-electron chi connectivity index (χ4n) is 6.52. The van der Waals surface area contributed by atoms with E-state index < -0.39 is 18.0 Å². The van der Waals surface area contributed by atoms with Crippen LogP contribution in [-0.2, 0) is 25.5 Å². The van der Waals surface area contributed by atoms with Crippen LogP contribution in [0, 0.1) is 23.2 Å². The molecule has 0 spiro atoms. The molecular formula is C28H41NO8. The molecule has 4 aliphatic carbocycles. The van der Waals surface area contributed by atoms with Gasteiger partial charge in [0.15, 0.2) is 0 Å². The Morgan fingerprint density at radius 1 is 0.973 bits per heavy atom. The number of nitrogens with one attached hydrogen (secondary N) is 1. The smallest absolute Gasteiger partial charge is 0.414 e. The van der Waals surface area contributed by atoms with Crippen molar-refractivity contribution in [1.29, 1.82) is 0 Å². The van der Waals surface area contributed by atoms with E-state index in [2.05, 4.69) is 5.32 Å².